The highest BCUT2D eigenvalue weighted by atomic mass is 16.5. The number of anilines is 1. The summed E-state index contributed by atoms with van der Waals surface area (Å²) in [5.74, 6) is 0.958. The van der Waals surface area contributed by atoms with E-state index in [1.807, 2.05) is 29.2 Å². The normalized spacial score (nSPS) is 13.9. The van der Waals surface area contributed by atoms with Crippen LogP contribution in [0.3, 0.4) is 0 Å². The Morgan fingerprint density at radius 2 is 1.75 bits per heavy atom. The predicted molar refractivity (Wildman–Crippen MR) is 141 cm³/mol. The second-order valence-electron chi connectivity index (χ2n) is 9.07. The number of aromatic nitrogens is 2. The summed E-state index contributed by atoms with van der Waals surface area (Å²) in [7, 11) is 1.70. The maximum absolute atomic E-state index is 11.7. The molecule has 5 rings (SSSR count). The summed E-state index contributed by atoms with van der Waals surface area (Å²) >= 11 is 0. The molecule has 7 heteroatoms. The van der Waals surface area contributed by atoms with E-state index >= 15 is 0 Å². The van der Waals surface area contributed by atoms with Crippen LogP contribution >= 0.6 is 0 Å². The number of hydrogen-bond donors (Lipinski definition) is 1. The van der Waals surface area contributed by atoms with Crippen molar-refractivity contribution in [3.63, 3.8) is 0 Å². The average molecular weight is 482 g/mol. The molecular formula is C29H31N5O2. The summed E-state index contributed by atoms with van der Waals surface area (Å²) in [5, 5.41) is 2.89. The lowest BCUT2D eigenvalue weighted by Gasteiger charge is -2.28. The van der Waals surface area contributed by atoms with Gasteiger partial charge in [0.1, 0.15) is 5.75 Å². The van der Waals surface area contributed by atoms with Crippen LogP contribution in [-0.2, 0) is 24.4 Å². The number of methoxy groups -OCH3 is 1. The van der Waals surface area contributed by atoms with Crippen LogP contribution in [-0.4, -0.2) is 47.1 Å². The minimum absolute atomic E-state index is 0.0985. The molecule has 0 saturated carbocycles. The lowest BCUT2D eigenvalue weighted by molar-refractivity contribution is -0.124. The largest absolute Gasteiger partial charge is 0.497 e. The van der Waals surface area contributed by atoms with Gasteiger partial charge in [-0.2, -0.15) is 0 Å². The summed E-state index contributed by atoms with van der Waals surface area (Å²) in [5.41, 5.74) is 5.86. The number of rotatable bonds is 9. The van der Waals surface area contributed by atoms with E-state index in [4.69, 9.17) is 4.74 Å². The van der Waals surface area contributed by atoms with Gasteiger partial charge < -0.3 is 19.5 Å². The van der Waals surface area contributed by atoms with Gasteiger partial charge in [-0.25, -0.2) is 4.98 Å². The van der Waals surface area contributed by atoms with Crippen molar-refractivity contribution in [2.24, 2.45) is 0 Å². The summed E-state index contributed by atoms with van der Waals surface area (Å²) in [6, 6.07) is 25.5. The summed E-state index contributed by atoms with van der Waals surface area (Å²) in [4.78, 5) is 20.4. The van der Waals surface area contributed by atoms with Crippen LogP contribution in [0, 0.1) is 0 Å². The van der Waals surface area contributed by atoms with Crippen molar-refractivity contribution in [2.45, 2.75) is 19.6 Å². The topological polar surface area (TPSA) is 62.6 Å². The van der Waals surface area contributed by atoms with Crippen LogP contribution in [0.15, 0.2) is 91.5 Å². The maximum Gasteiger partial charge on any atom is 0.234 e. The second kappa shape index (κ2) is 11.1. The summed E-state index contributed by atoms with van der Waals surface area (Å²) in [6.07, 6.45) is 5.54. The number of carbonyl (C=O) groups excluding carboxylic acids is 1. The van der Waals surface area contributed by atoms with E-state index in [1.54, 1.807) is 13.3 Å². The van der Waals surface area contributed by atoms with Gasteiger partial charge in [0.25, 0.3) is 0 Å². The Balaban J connectivity index is 1.35. The van der Waals surface area contributed by atoms with Crippen molar-refractivity contribution in [1.29, 1.82) is 0 Å². The third-order valence-corrected chi connectivity index (χ3v) is 6.44. The number of hydrogen-bond acceptors (Lipinski definition) is 5. The molecule has 184 valence electrons. The van der Waals surface area contributed by atoms with E-state index in [0.717, 1.165) is 43.3 Å². The Kier molecular flexibility index (Phi) is 7.28. The minimum Gasteiger partial charge on any atom is -0.497 e. The van der Waals surface area contributed by atoms with Crippen molar-refractivity contribution in [3.8, 4) is 11.4 Å². The van der Waals surface area contributed by atoms with Crippen LogP contribution < -0.4 is 15.0 Å². The highest BCUT2D eigenvalue weighted by molar-refractivity contribution is 5.78. The molecule has 0 radical (unpaired) electrons. The van der Waals surface area contributed by atoms with Gasteiger partial charge in [0.05, 0.1) is 20.0 Å². The molecule has 36 heavy (non-hydrogen) atoms. The molecule has 1 aliphatic heterocycles. The van der Waals surface area contributed by atoms with Gasteiger partial charge >= 0.3 is 0 Å². The number of amides is 1. The highest BCUT2D eigenvalue weighted by Gasteiger charge is 2.16. The quantitative estimate of drug-likeness (QED) is 0.391. The minimum atomic E-state index is 0.0985. The van der Waals surface area contributed by atoms with Crippen molar-refractivity contribution < 1.29 is 9.53 Å². The fourth-order valence-electron chi connectivity index (χ4n) is 4.53. The Hall–Kier alpha value is -4.10. The first-order chi connectivity index (χ1) is 17.7. The molecule has 1 fully saturated rings. The zero-order valence-corrected chi connectivity index (χ0v) is 20.5. The van der Waals surface area contributed by atoms with E-state index in [1.165, 1.54) is 16.7 Å². The summed E-state index contributed by atoms with van der Waals surface area (Å²) < 4.78 is 7.45. The van der Waals surface area contributed by atoms with Crippen molar-refractivity contribution >= 4 is 11.6 Å². The van der Waals surface area contributed by atoms with Gasteiger partial charge in [-0.05, 0) is 53.1 Å². The van der Waals surface area contributed by atoms with E-state index in [9.17, 15) is 4.79 Å². The molecule has 0 unspecified atom stereocenters. The SMILES string of the molecule is COc1cccc(CN(Cc2ccc(-n3ccnc3)cc2)c2ccc(CN3CCNC(=O)C3)cc2)c1. The summed E-state index contributed by atoms with van der Waals surface area (Å²) in [6.45, 7) is 4.35. The Morgan fingerprint density at radius 3 is 2.47 bits per heavy atom. The zero-order valence-electron chi connectivity index (χ0n) is 20.5. The van der Waals surface area contributed by atoms with Gasteiger partial charge in [-0.1, -0.05) is 36.4 Å². The monoisotopic (exact) mass is 481 g/mol. The number of imidazole rings is 1. The third kappa shape index (κ3) is 5.93. The van der Waals surface area contributed by atoms with Gasteiger partial charge in [-0.15, -0.1) is 0 Å². The van der Waals surface area contributed by atoms with E-state index < -0.39 is 0 Å². The Morgan fingerprint density at radius 1 is 0.972 bits per heavy atom. The maximum atomic E-state index is 11.7. The number of benzene rings is 3. The first-order valence-corrected chi connectivity index (χ1v) is 12.2. The molecule has 1 saturated heterocycles. The van der Waals surface area contributed by atoms with Crippen LogP contribution in [0.4, 0.5) is 5.69 Å². The van der Waals surface area contributed by atoms with E-state index in [0.29, 0.717) is 13.1 Å². The highest BCUT2D eigenvalue weighted by Crippen LogP contribution is 2.24. The van der Waals surface area contributed by atoms with Crippen LogP contribution in [0.25, 0.3) is 5.69 Å². The average Bonchev–Trinajstić information content (AvgIpc) is 3.45. The fraction of sp³-hybridized carbons (Fsp3) is 0.241. The molecule has 1 aliphatic rings. The Bertz CT molecular complexity index is 1270. The van der Waals surface area contributed by atoms with E-state index in [2.05, 4.69) is 80.8 Å². The van der Waals surface area contributed by atoms with Gasteiger partial charge in [-0.3, -0.25) is 9.69 Å². The van der Waals surface area contributed by atoms with Crippen LogP contribution in [0.1, 0.15) is 16.7 Å². The molecule has 3 aromatic carbocycles. The first-order valence-electron chi connectivity index (χ1n) is 12.2. The van der Waals surface area contributed by atoms with Crippen molar-refractivity contribution in [1.82, 2.24) is 19.8 Å². The molecule has 0 bridgehead atoms. The third-order valence-electron chi connectivity index (χ3n) is 6.44. The van der Waals surface area contributed by atoms with Gasteiger partial charge in [0.2, 0.25) is 5.91 Å². The lowest BCUT2D eigenvalue weighted by atomic mass is 10.1. The zero-order chi connectivity index (χ0) is 24.7. The molecule has 1 amide bonds. The molecule has 7 nitrogen and oxygen atoms in total. The molecule has 1 aromatic heterocycles. The molecular weight excluding hydrogens is 450 g/mol. The number of carbonyl (C=O) groups is 1. The van der Waals surface area contributed by atoms with Crippen molar-refractivity contribution in [3.05, 3.63) is 108 Å². The number of nitrogens with one attached hydrogen (secondary N) is 1. The fourth-order valence-corrected chi connectivity index (χ4v) is 4.53. The smallest absolute Gasteiger partial charge is 0.234 e. The molecule has 0 spiro atoms. The van der Waals surface area contributed by atoms with Gasteiger partial charge in [0, 0.05) is 56.5 Å². The Labute approximate surface area is 211 Å². The number of nitrogens with zero attached hydrogens (tertiary/aromatic N) is 4. The van der Waals surface area contributed by atoms with Crippen LogP contribution in [0.2, 0.25) is 0 Å². The standard InChI is InChI=1S/C29H31N5O2/c1-36-28-4-2-3-25(17-28)20-34(19-24-7-9-26(10-8-24)33-16-13-30-22-33)27-11-5-23(6-12-27)18-32-15-14-31-29(35)21-32/h2-13,16-17,22H,14-15,18-21H2,1H3,(H,31,35). The second-order valence-corrected chi connectivity index (χ2v) is 9.07. The molecule has 1 N–H and O–H groups in total. The van der Waals surface area contributed by atoms with Gasteiger partial charge in [0.15, 0.2) is 0 Å². The number of piperazine rings is 1. The number of ether oxygens (including phenoxy) is 1. The van der Waals surface area contributed by atoms with Crippen molar-refractivity contribution in [2.75, 3.05) is 31.6 Å². The molecule has 0 atom stereocenters. The van der Waals surface area contributed by atoms with E-state index in [-0.39, 0.29) is 5.91 Å². The predicted octanol–water partition coefficient (Wildman–Crippen LogP) is 4.02. The molecule has 4 aromatic rings. The first kappa shape index (κ1) is 23.6. The molecule has 2 heterocycles. The van der Waals surface area contributed by atoms with Crippen LogP contribution in [0.5, 0.6) is 5.75 Å². The molecule has 0 aliphatic carbocycles. The lowest BCUT2D eigenvalue weighted by Crippen LogP contribution is -2.47.